The van der Waals surface area contributed by atoms with Gasteiger partial charge in [-0.15, -0.1) is 0 Å². The third kappa shape index (κ3) is 5.60. The Morgan fingerprint density at radius 1 is 1.32 bits per heavy atom. The molecule has 0 unspecified atom stereocenters. The Bertz CT molecular complexity index is 671. The number of carbonyl (C=O) groups excluding carboxylic acids is 1. The standard InChI is InChI=1S/C19H26N4O2/c1-15-10-18(22-25-15)12-21-19(24)20-11-17-8-5-9-23(14-17)13-16-6-3-2-4-7-16/h2-4,6-7,10,17H,5,8-9,11-14H2,1H3,(H2,20,21,24)/t17-/m1/s1. The lowest BCUT2D eigenvalue weighted by Gasteiger charge is -2.32. The number of benzene rings is 1. The van der Waals surface area contributed by atoms with Crippen molar-refractivity contribution in [1.82, 2.24) is 20.7 Å². The summed E-state index contributed by atoms with van der Waals surface area (Å²) in [6, 6.07) is 12.2. The quantitative estimate of drug-likeness (QED) is 0.847. The molecule has 2 heterocycles. The van der Waals surface area contributed by atoms with Crippen LogP contribution in [0.5, 0.6) is 0 Å². The maximum absolute atomic E-state index is 11.9. The molecular weight excluding hydrogens is 316 g/mol. The van der Waals surface area contributed by atoms with Crippen LogP contribution in [0.1, 0.15) is 29.9 Å². The Kier molecular flexibility index (Phi) is 6.06. The molecule has 0 bridgehead atoms. The molecule has 6 nitrogen and oxygen atoms in total. The first kappa shape index (κ1) is 17.5. The predicted octanol–water partition coefficient (Wildman–Crippen LogP) is 2.69. The molecule has 1 aliphatic rings. The molecule has 134 valence electrons. The number of amides is 2. The number of piperidine rings is 1. The van der Waals surface area contributed by atoms with Crippen LogP contribution in [0.3, 0.4) is 0 Å². The molecule has 1 fully saturated rings. The second kappa shape index (κ2) is 8.67. The van der Waals surface area contributed by atoms with Crippen LogP contribution >= 0.6 is 0 Å². The number of aromatic nitrogens is 1. The van der Waals surface area contributed by atoms with Crippen molar-refractivity contribution in [3.63, 3.8) is 0 Å². The largest absolute Gasteiger partial charge is 0.361 e. The molecule has 6 heteroatoms. The Balaban J connectivity index is 1.38. The summed E-state index contributed by atoms with van der Waals surface area (Å²) >= 11 is 0. The lowest BCUT2D eigenvalue weighted by molar-refractivity contribution is 0.165. The fourth-order valence-corrected chi connectivity index (χ4v) is 3.27. The van der Waals surface area contributed by atoms with E-state index in [1.54, 1.807) is 0 Å². The second-order valence-electron chi connectivity index (χ2n) is 6.72. The summed E-state index contributed by atoms with van der Waals surface area (Å²) in [5.74, 6) is 1.25. The highest BCUT2D eigenvalue weighted by Crippen LogP contribution is 2.18. The van der Waals surface area contributed by atoms with Gasteiger partial charge in [-0.25, -0.2) is 4.79 Å². The number of hydrogen-bond acceptors (Lipinski definition) is 4. The number of rotatable bonds is 6. The van der Waals surface area contributed by atoms with E-state index in [2.05, 4.69) is 45.0 Å². The van der Waals surface area contributed by atoms with Crippen LogP contribution in [0, 0.1) is 12.8 Å². The lowest BCUT2D eigenvalue weighted by atomic mass is 9.97. The van der Waals surface area contributed by atoms with E-state index >= 15 is 0 Å². The van der Waals surface area contributed by atoms with Crippen molar-refractivity contribution in [2.75, 3.05) is 19.6 Å². The molecule has 25 heavy (non-hydrogen) atoms. The number of nitrogens with one attached hydrogen (secondary N) is 2. The minimum Gasteiger partial charge on any atom is -0.361 e. The van der Waals surface area contributed by atoms with E-state index in [1.165, 1.54) is 12.0 Å². The van der Waals surface area contributed by atoms with Crippen molar-refractivity contribution >= 4 is 6.03 Å². The summed E-state index contributed by atoms with van der Waals surface area (Å²) in [6.07, 6.45) is 2.34. The van der Waals surface area contributed by atoms with E-state index in [0.29, 0.717) is 19.0 Å². The first-order chi connectivity index (χ1) is 12.2. The first-order valence-electron chi connectivity index (χ1n) is 8.89. The molecule has 0 spiro atoms. The number of urea groups is 1. The van der Waals surface area contributed by atoms with Crippen molar-refractivity contribution in [2.45, 2.75) is 32.9 Å². The lowest BCUT2D eigenvalue weighted by Crippen LogP contribution is -2.43. The van der Waals surface area contributed by atoms with Gasteiger partial charge in [0.25, 0.3) is 0 Å². The molecule has 1 atom stereocenters. The van der Waals surface area contributed by atoms with E-state index in [9.17, 15) is 4.79 Å². The first-order valence-corrected chi connectivity index (χ1v) is 8.89. The molecule has 1 saturated heterocycles. The van der Waals surface area contributed by atoms with Gasteiger partial charge in [0, 0.05) is 25.7 Å². The van der Waals surface area contributed by atoms with Crippen molar-refractivity contribution < 1.29 is 9.32 Å². The van der Waals surface area contributed by atoms with Gasteiger partial charge in [0.15, 0.2) is 0 Å². The molecular formula is C19H26N4O2. The van der Waals surface area contributed by atoms with Crippen LogP contribution in [0.4, 0.5) is 4.79 Å². The summed E-state index contributed by atoms with van der Waals surface area (Å²) in [5.41, 5.74) is 2.08. The molecule has 1 aromatic carbocycles. The van der Waals surface area contributed by atoms with Crippen LogP contribution in [0.2, 0.25) is 0 Å². The van der Waals surface area contributed by atoms with E-state index in [1.807, 2.05) is 19.1 Å². The van der Waals surface area contributed by atoms with E-state index < -0.39 is 0 Å². The fourth-order valence-electron chi connectivity index (χ4n) is 3.27. The predicted molar refractivity (Wildman–Crippen MR) is 95.9 cm³/mol. The number of carbonyl (C=O) groups is 1. The molecule has 2 amide bonds. The minimum atomic E-state index is -0.152. The normalized spacial score (nSPS) is 18.0. The Hall–Kier alpha value is -2.34. The third-order valence-electron chi connectivity index (χ3n) is 4.51. The minimum absolute atomic E-state index is 0.152. The summed E-state index contributed by atoms with van der Waals surface area (Å²) in [4.78, 5) is 14.4. The summed E-state index contributed by atoms with van der Waals surface area (Å²) in [5, 5.41) is 9.66. The number of hydrogen-bond donors (Lipinski definition) is 2. The van der Waals surface area contributed by atoms with Crippen molar-refractivity contribution in [3.05, 3.63) is 53.4 Å². The Morgan fingerprint density at radius 3 is 2.92 bits per heavy atom. The molecule has 2 N–H and O–H groups in total. The average molecular weight is 342 g/mol. The van der Waals surface area contributed by atoms with Gasteiger partial charge in [0.1, 0.15) is 11.5 Å². The van der Waals surface area contributed by atoms with E-state index in [4.69, 9.17) is 4.52 Å². The average Bonchev–Trinajstić information content (AvgIpc) is 3.05. The van der Waals surface area contributed by atoms with Gasteiger partial charge in [-0.2, -0.15) is 0 Å². The fraction of sp³-hybridized carbons (Fsp3) is 0.474. The SMILES string of the molecule is Cc1cc(CNC(=O)NC[C@H]2CCCN(Cc3ccccc3)C2)no1. The summed E-state index contributed by atoms with van der Waals surface area (Å²) < 4.78 is 4.99. The highest BCUT2D eigenvalue weighted by atomic mass is 16.5. The van der Waals surface area contributed by atoms with Gasteiger partial charge in [0.2, 0.25) is 0 Å². The van der Waals surface area contributed by atoms with E-state index in [-0.39, 0.29) is 6.03 Å². The molecule has 1 aliphatic heterocycles. The summed E-state index contributed by atoms with van der Waals surface area (Å²) in [7, 11) is 0. The van der Waals surface area contributed by atoms with Gasteiger partial charge >= 0.3 is 6.03 Å². The highest BCUT2D eigenvalue weighted by molar-refractivity contribution is 5.73. The van der Waals surface area contributed by atoms with Crippen LogP contribution in [-0.4, -0.2) is 35.7 Å². The van der Waals surface area contributed by atoms with Crippen molar-refractivity contribution in [2.24, 2.45) is 5.92 Å². The molecule has 0 radical (unpaired) electrons. The van der Waals surface area contributed by atoms with Crippen LogP contribution in [-0.2, 0) is 13.1 Å². The van der Waals surface area contributed by atoms with E-state index in [0.717, 1.165) is 37.5 Å². The Labute approximate surface area is 148 Å². The zero-order valence-electron chi connectivity index (χ0n) is 14.7. The van der Waals surface area contributed by atoms with Crippen LogP contribution < -0.4 is 10.6 Å². The van der Waals surface area contributed by atoms with Crippen LogP contribution in [0.25, 0.3) is 0 Å². The topological polar surface area (TPSA) is 70.4 Å². The number of likely N-dealkylation sites (tertiary alicyclic amines) is 1. The highest BCUT2D eigenvalue weighted by Gasteiger charge is 2.20. The smallest absolute Gasteiger partial charge is 0.315 e. The maximum Gasteiger partial charge on any atom is 0.315 e. The summed E-state index contributed by atoms with van der Waals surface area (Å²) in [6.45, 7) is 6.06. The zero-order valence-corrected chi connectivity index (χ0v) is 14.7. The van der Waals surface area contributed by atoms with Gasteiger partial charge in [-0.3, -0.25) is 4.90 Å². The number of nitrogens with zero attached hydrogens (tertiary/aromatic N) is 2. The second-order valence-corrected chi connectivity index (χ2v) is 6.72. The maximum atomic E-state index is 11.9. The molecule has 0 aliphatic carbocycles. The van der Waals surface area contributed by atoms with Gasteiger partial charge in [-0.05, 0) is 37.8 Å². The van der Waals surface area contributed by atoms with Crippen molar-refractivity contribution in [1.29, 1.82) is 0 Å². The van der Waals surface area contributed by atoms with Gasteiger partial charge in [-0.1, -0.05) is 35.5 Å². The third-order valence-corrected chi connectivity index (χ3v) is 4.51. The molecule has 1 aromatic heterocycles. The zero-order chi connectivity index (χ0) is 17.5. The van der Waals surface area contributed by atoms with Gasteiger partial charge < -0.3 is 15.2 Å². The molecule has 2 aromatic rings. The molecule has 0 saturated carbocycles. The van der Waals surface area contributed by atoms with Crippen LogP contribution in [0.15, 0.2) is 40.9 Å². The Morgan fingerprint density at radius 2 is 2.16 bits per heavy atom. The monoisotopic (exact) mass is 342 g/mol. The number of aryl methyl sites for hydroxylation is 1. The van der Waals surface area contributed by atoms with Crippen molar-refractivity contribution in [3.8, 4) is 0 Å². The molecule has 3 rings (SSSR count). The van der Waals surface area contributed by atoms with Gasteiger partial charge in [0.05, 0.1) is 6.54 Å².